The van der Waals surface area contributed by atoms with Crippen LogP contribution in [-0.4, -0.2) is 39.5 Å². The number of aryl methyl sites for hydroxylation is 1. The van der Waals surface area contributed by atoms with Gasteiger partial charge in [-0.3, -0.25) is 4.90 Å². The van der Waals surface area contributed by atoms with E-state index in [2.05, 4.69) is 0 Å². The van der Waals surface area contributed by atoms with Crippen molar-refractivity contribution in [3.8, 4) is 0 Å². The van der Waals surface area contributed by atoms with E-state index < -0.39 is 9.84 Å². The number of sulfone groups is 1. The Bertz CT molecular complexity index is 564. The third-order valence-corrected chi connectivity index (χ3v) is 5.20. The van der Waals surface area contributed by atoms with Gasteiger partial charge in [-0.2, -0.15) is 0 Å². The van der Waals surface area contributed by atoms with Gasteiger partial charge in [-0.15, -0.1) is 0 Å². The third-order valence-electron chi connectivity index (χ3n) is 3.31. The summed E-state index contributed by atoms with van der Waals surface area (Å²) in [6, 6.07) is 4.91. The van der Waals surface area contributed by atoms with E-state index in [1.807, 2.05) is 25.1 Å². The lowest BCUT2D eigenvalue weighted by atomic mass is 10.0. The summed E-state index contributed by atoms with van der Waals surface area (Å²) in [6.07, 6.45) is 2.30. The molecule has 1 aliphatic rings. The maximum Gasteiger partial charge on any atom is 0.178 e. The highest BCUT2D eigenvalue weighted by Crippen LogP contribution is 2.28. The number of nitrogens with zero attached hydrogens (tertiary/aromatic N) is 1. The highest BCUT2D eigenvalue weighted by Gasteiger charge is 2.24. The fourth-order valence-corrected chi connectivity index (χ4v) is 3.92. The van der Waals surface area contributed by atoms with Crippen molar-refractivity contribution >= 4 is 16.1 Å². The number of fused-ring (bicyclic) bond motifs is 1. The summed E-state index contributed by atoms with van der Waals surface area (Å²) in [5.74, 6) is 0.226. The standard InChI is InChI=1S/C13H17NO3S/c1-14(2)12(9-15)10-5-6-13-11(8-10)4-3-7-18(13,16)17/h5-6,8-9,12H,3-4,7H2,1-2H3. The summed E-state index contributed by atoms with van der Waals surface area (Å²) in [5, 5.41) is 0. The van der Waals surface area contributed by atoms with E-state index in [1.54, 1.807) is 12.1 Å². The van der Waals surface area contributed by atoms with Crippen LogP contribution in [0.1, 0.15) is 23.6 Å². The molecule has 1 aliphatic heterocycles. The molecular formula is C13H17NO3S. The molecule has 1 unspecified atom stereocenters. The lowest BCUT2D eigenvalue weighted by molar-refractivity contribution is -0.111. The SMILES string of the molecule is CN(C)C(C=O)c1ccc2c(c1)CCCS2(=O)=O. The average molecular weight is 267 g/mol. The summed E-state index contributed by atoms with van der Waals surface area (Å²) >= 11 is 0. The molecule has 4 nitrogen and oxygen atoms in total. The number of hydrogen-bond donors (Lipinski definition) is 0. The number of carbonyl (C=O) groups is 1. The van der Waals surface area contributed by atoms with Gasteiger partial charge in [0.1, 0.15) is 6.29 Å². The Balaban J connectivity index is 2.48. The Labute approximate surface area is 108 Å². The molecule has 2 rings (SSSR count). The molecule has 1 aromatic carbocycles. The minimum absolute atomic E-state index is 0.226. The van der Waals surface area contributed by atoms with Crippen LogP contribution in [0.3, 0.4) is 0 Å². The van der Waals surface area contributed by atoms with Gasteiger partial charge in [0.2, 0.25) is 0 Å². The van der Waals surface area contributed by atoms with E-state index >= 15 is 0 Å². The van der Waals surface area contributed by atoms with Gasteiger partial charge in [-0.05, 0) is 44.1 Å². The van der Waals surface area contributed by atoms with Gasteiger partial charge in [0.05, 0.1) is 16.7 Å². The highest BCUT2D eigenvalue weighted by molar-refractivity contribution is 7.91. The fourth-order valence-electron chi connectivity index (χ4n) is 2.34. The number of rotatable bonds is 3. The number of aldehydes is 1. The Morgan fingerprint density at radius 3 is 2.67 bits per heavy atom. The predicted molar refractivity (Wildman–Crippen MR) is 69.3 cm³/mol. The van der Waals surface area contributed by atoms with Crippen LogP contribution in [0.2, 0.25) is 0 Å². The zero-order chi connectivity index (χ0) is 13.3. The Hall–Kier alpha value is -1.20. The van der Waals surface area contributed by atoms with Crippen LogP contribution in [0.25, 0.3) is 0 Å². The monoisotopic (exact) mass is 267 g/mol. The summed E-state index contributed by atoms with van der Waals surface area (Å²) in [6.45, 7) is 0. The van der Waals surface area contributed by atoms with Crippen LogP contribution in [0.15, 0.2) is 23.1 Å². The van der Waals surface area contributed by atoms with Crippen molar-refractivity contribution < 1.29 is 13.2 Å². The molecule has 0 aromatic heterocycles. The number of carbonyl (C=O) groups excluding carboxylic acids is 1. The van der Waals surface area contributed by atoms with Crippen molar-refractivity contribution in [2.75, 3.05) is 19.8 Å². The number of hydrogen-bond acceptors (Lipinski definition) is 4. The molecule has 1 aromatic rings. The molecule has 18 heavy (non-hydrogen) atoms. The van der Waals surface area contributed by atoms with Crippen molar-refractivity contribution in [2.24, 2.45) is 0 Å². The van der Waals surface area contributed by atoms with Crippen LogP contribution in [0.5, 0.6) is 0 Å². The summed E-state index contributed by atoms with van der Waals surface area (Å²) in [5.41, 5.74) is 1.69. The van der Waals surface area contributed by atoms with E-state index in [0.717, 1.165) is 23.8 Å². The van der Waals surface area contributed by atoms with Crippen molar-refractivity contribution in [1.29, 1.82) is 0 Å². The topological polar surface area (TPSA) is 54.5 Å². The number of benzene rings is 1. The molecule has 98 valence electrons. The molecule has 0 aliphatic carbocycles. The van der Waals surface area contributed by atoms with E-state index in [9.17, 15) is 13.2 Å². The lowest BCUT2D eigenvalue weighted by Gasteiger charge is -2.22. The maximum absolute atomic E-state index is 11.9. The molecule has 1 atom stereocenters. The van der Waals surface area contributed by atoms with Crippen LogP contribution in [-0.2, 0) is 21.1 Å². The predicted octanol–water partition coefficient (Wildman–Crippen LogP) is 1.21. The first-order valence-corrected chi connectivity index (χ1v) is 7.58. The van der Waals surface area contributed by atoms with Crippen molar-refractivity contribution in [1.82, 2.24) is 4.90 Å². The zero-order valence-corrected chi connectivity index (χ0v) is 11.4. The number of likely N-dealkylation sites (N-methyl/N-ethyl adjacent to an activating group) is 1. The first-order chi connectivity index (χ1) is 8.45. The molecule has 0 spiro atoms. The van der Waals surface area contributed by atoms with Crippen LogP contribution >= 0.6 is 0 Å². The highest BCUT2D eigenvalue weighted by atomic mass is 32.2. The van der Waals surface area contributed by atoms with Crippen molar-refractivity contribution in [3.63, 3.8) is 0 Å². The molecule has 0 saturated heterocycles. The first-order valence-electron chi connectivity index (χ1n) is 5.93. The smallest absolute Gasteiger partial charge is 0.178 e. The Morgan fingerprint density at radius 2 is 2.06 bits per heavy atom. The van der Waals surface area contributed by atoms with Gasteiger partial charge in [-0.25, -0.2) is 8.42 Å². The van der Waals surface area contributed by atoms with E-state index in [-0.39, 0.29) is 11.8 Å². The molecule has 0 N–H and O–H groups in total. The molecule has 5 heteroatoms. The first kappa shape index (κ1) is 13.2. The molecule has 0 amide bonds. The van der Waals surface area contributed by atoms with E-state index in [0.29, 0.717) is 11.3 Å². The molecule has 1 heterocycles. The molecule has 0 radical (unpaired) electrons. The van der Waals surface area contributed by atoms with E-state index in [4.69, 9.17) is 0 Å². The average Bonchev–Trinajstić information content (AvgIpc) is 2.28. The van der Waals surface area contributed by atoms with Gasteiger partial charge < -0.3 is 4.79 Å². The largest absolute Gasteiger partial charge is 0.301 e. The van der Waals surface area contributed by atoms with Gasteiger partial charge in [0, 0.05) is 0 Å². The fraction of sp³-hybridized carbons (Fsp3) is 0.462. The summed E-state index contributed by atoms with van der Waals surface area (Å²) < 4.78 is 23.8. The van der Waals surface area contributed by atoms with Crippen LogP contribution < -0.4 is 0 Å². The van der Waals surface area contributed by atoms with Gasteiger partial charge in [0.25, 0.3) is 0 Å². The van der Waals surface area contributed by atoms with Crippen molar-refractivity contribution in [2.45, 2.75) is 23.8 Å². The van der Waals surface area contributed by atoms with Gasteiger partial charge in [0.15, 0.2) is 9.84 Å². The Kier molecular flexibility index (Phi) is 3.54. The normalized spacial score (nSPS) is 19.3. The second kappa shape index (κ2) is 4.82. The minimum Gasteiger partial charge on any atom is -0.301 e. The molecular weight excluding hydrogens is 250 g/mol. The molecule has 0 fully saturated rings. The van der Waals surface area contributed by atoms with Crippen molar-refractivity contribution in [3.05, 3.63) is 29.3 Å². The van der Waals surface area contributed by atoms with E-state index in [1.165, 1.54) is 0 Å². The quantitative estimate of drug-likeness (QED) is 0.772. The maximum atomic E-state index is 11.9. The minimum atomic E-state index is -3.11. The van der Waals surface area contributed by atoms with Crippen LogP contribution in [0, 0.1) is 0 Å². The van der Waals surface area contributed by atoms with Gasteiger partial charge in [-0.1, -0.05) is 12.1 Å². The summed E-state index contributed by atoms with van der Waals surface area (Å²) in [4.78, 5) is 13.3. The lowest BCUT2D eigenvalue weighted by Crippen LogP contribution is -2.22. The zero-order valence-electron chi connectivity index (χ0n) is 10.6. The van der Waals surface area contributed by atoms with Gasteiger partial charge >= 0.3 is 0 Å². The summed E-state index contributed by atoms with van der Waals surface area (Å²) in [7, 11) is 0.544. The second-order valence-corrected chi connectivity index (χ2v) is 6.91. The van der Waals surface area contributed by atoms with Crippen LogP contribution in [0.4, 0.5) is 0 Å². The third kappa shape index (κ3) is 2.33. The molecule has 0 saturated carbocycles. The molecule has 0 bridgehead atoms. The Morgan fingerprint density at radius 1 is 1.33 bits per heavy atom. The second-order valence-electron chi connectivity index (χ2n) is 4.83.